The van der Waals surface area contributed by atoms with E-state index in [-0.39, 0.29) is 16.9 Å². The first-order chi connectivity index (χ1) is 13.4. The molecule has 1 aromatic heterocycles. The van der Waals surface area contributed by atoms with Gasteiger partial charge in [-0.25, -0.2) is 4.39 Å². The summed E-state index contributed by atoms with van der Waals surface area (Å²) in [6, 6.07) is 4.90. The molecule has 1 fully saturated rings. The van der Waals surface area contributed by atoms with E-state index in [2.05, 4.69) is 0 Å². The Bertz CT molecular complexity index is 950. The van der Waals surface area contributed by atoms with Crippen LogP contribution in [0.25, 0.3) is 5.76 Å². The first-order valence-electron chi connectivity index (χ1n) is 9.07. The Kier molecular flexibility index (Phi) is 5.84. The maximum Gasteiger partial charge on any atom is 0.295 e. The second kappa shape index (κ2) is 8.14. The summed E-state index contributed by atoms with van der Waals surface area (Å²) < 4.78 is 19.0. The molecule has 1 aliphatic rings. The molecule has 1 N–H and O–H groups in total. The van der Waals surface area contributed by atoms with Gasteiger partial charge in [0.05, 0.1) is 24.3 Å². The number of Topliss-reactive ketones (excluding diaryl/α,β-unsaturated/α-hetero) is 1. The standard InChI is InChI=1S/C21H22FNO4S/c1-4-5-9-23-17(20-12(2)8-10-28-20)16(19(25)21(23)26)18(24)14-11-13(22)6-7-15(14)27-3/h6-8,10-11,17,24H,4-5,9H2,1-3H3/b18-16+. The number of ether oxygens (including phenoxy) is 1. The minimum atomic E-state index is -0.766. The van der Waals surface area contributed by atoms with Gasteiger partial charge >= 0.3 is 0 Å². The fourth-order valence-corrected chi connectivity index (χ4v) is 4.43. The smallest absolute Gasteiger partial charge is 0.295 e. The topological polar surface area (TPSA) is 66.8 Å². The number of aliphatic hydroxyl groups excluding tert-OH is 1. The maximum atomic E-state index is 13.8. The number of hydrogen-bond acceptors (Lipinski definition) is 5. The third kappa shape index (κ3) is 3.42. The molecule has 1 saturated heterocycles. The lowest BCUT2D eigenvalue weighted by atomic mass is 9.98. The van der Waals surface area contributed by atoms with E-state index in [0.717, 1.165) is 29.3 Å². The van der Waals surface area contributed by atoms with Gasteiger partial charge in [-0.3, -0.25) is 9.59 Å². The first-order valence-corrected chi connectivity index (χ1v) is 9.95. The number of unbranched alkanes of at least 4 members (excludes halogenated alkanes) is 1. The number of amides is 1. The van der Waals surface area contributed by atoms with Crippen molar-refractivity contribution in [3.05, 3.63) is 57.0 Å². The van der Waals surface area contributed by atoms with Gasteiger partial charge in [-0.2, -0.15) is 0 Å². The highest BCUT2D eigenvalue weighted by molar-refractivity contribution is 7.10. The minimum Gasteiger partial charge on any atom is -0.507 e. The molecule has 2 heterocycles. The van der Waals surface area contributed by atoms with Gasteiger partial charge < -0.3 is 14.7 Å². The van der Waals surface area contributed by atoms with Crippen LogP contribution in [0.3, 0.4) is 0 Å². The Morgan fingerprint density at radius 1 is 1.32 bits per heavy atom. The molecule has 1 aliphatic heterocycles. The van der Waals surface area contributed by atoms with Gasteiger partial charge in [0.1, 0.15) is 17.3 Å². The zero-order valence-corrected chi connectivity index (χ0v) is 16.8. The van der Waals surface area contributed by atoms with E-state index in [1.807, 2.05) is 25.3 Å². The number of hydrogen-bond donors (Lipinski definition) is 1. The van der Waals surface area contributed by atoms with Crippen molar-refractivity contribution < 1.29 is 23.8 Å². The van der Waals surface area contributed by atoms with Crippen LogP contribution in [0.5, 0.6) is 5.75 Å². The number of likely N-dealkylation sites (tertiary alicyclic amines) is 1. The van der Waals surface area contributed by atoms with E-state index < -0.39 is 29.3 Å². The number of halogens is 1. The number of methoxy groups -OCH3 is 1. The summed E-state index contributed by atoms with van der Waals surface area (Å²) in [7, 11) is 1.39. The van der Waals surface area contributed by atoms with Crippen molar-refractivity contribution in [3.63, 3.8) is 0 Å². The van der Waals surface area contributed by atoms with E-state index in [1.165, 1.54) is 35.5 Å². The first kappa shape index (κ1) is 20.1. The van der Waals surface area contributed by atoms with Crippen LogP contribution in [0.2, 0.25) is 0 Å². The van der Waals surface area contributed by atoms with Gasteiger partial charge in [0, 0.05) is 11.4 Å². The van der Waals surface area contributed by atoms with Crippen molar-refractivity contribution in [1.82, 2.24) is 4.90 Å². The highest BCUT2D eigenvalue weighted by Crippen LogP contribution is 2.43. The quantitative estimate of drug-likeness (QED) is 0.440. The van der Waals surface area contributed by atoms with Gasteiger partial charge in [-0.1, -0.05) is 13.3 Å². The van der Waals surface area contributed by atoms with Crippen LogP contribution in [0, 0.1) is 12.7 Å². The van der Waals surface area contributed by atoms with E-state index in [4.69, 9.17) is 4.74 Å². The van der Waals surface area contributed by atoms with Gasteiger partial charge in [0.25, 0.3) is 11.7 Å². The van der Waals surface area contributed by atoms with Crippen LogP contribution in [0.1, 0.15) is 41.8 Å². The normalized spacial score (nSPS) is 18.7. The van der Waals surface area contributed by atoms with Crippen LogP contribution in [0.4, 0.5) is 4.39 Å². The SMILES string of the molecule is CCCCN1C(=O)C(=O)/C(=C(/O)c2cc(F)ccc2OC)C1c1sccc1C. The number of rotatable bonds is 6. The zero-order valence-electron chi connectivity index (χ0n) is 16.0. The van der Waals surface area contributed by atoms with Gasteiger partial charge in [0.15, 0.2) is 0 Å². The lowest BCUT2D eigenvalue weighted by Gasteiger charge is -2.24. The van der Waals surface area contributed by atoms with Crippen LogP contribution < -0.4 is 4.74 Å². The van der Waals surface area contributed by atoms with E-state index >= 15 is 0 Å². The third-order valence-corrected chi connectivity index (χ3v) is 5.93. The lowest BCUT2D eigenvalue weighted by molar-refractivity contribution is -0.139. The number of benzene rings is 1. The van der Waals surface area contributed by atoms with Crippen LogP contribution in [-0.2, 0) is 9.59 Å². The molecule has 0 aliphatic carbocycles. The van der Waals surface area contributed by atoms with Crippen molar-refractivity contribution in [3.8, 4) is 5.75 Å². The van der Waals surface area contributed by atoms with Crippen molar-refractivity contribution in [2.75, 3.05) is 13.7 Å². The Morgan fingerprint density at radius 3 is 2.68 bits per heavy atom. The molecule has 2 aromatic rings. The molecule has 148 valence electrons. The Labute approximate surface area is 167 Å². The molecule has 28 heavy (non-hydrogen) atoms. The van der Waals surface area contributed by atoms with Crippen molar-refractivity contribution in [2.24, 2.45) is 0 Å². The fraction of sp³-hybridized carbons (Fsp3) is 0.333. The molecular formula is C21H22FNO4S. The summed E-state index contributed by atoms with van der Waals surface area (Å²) in [6.07, 6.45) is 1.59. The van der Waals surface area contributed by atoms with Crippen LogP contribution >= 0.6 is 11.3 Å². The third-order valence-electron chi connectivity index (χ3n) is 4.86. The summed E-state index contributed by atoms with van der Waals surface area (Å²) in [6.45, 7) is 4.30. The Balaban J connectivity index is 2.23. The molecule has 1 aromatic carbocycles. The fourth-order valence-electron chi connectivity index (χ4n) is 3.39. The lowest BCUT2D eigenvalue weighted by Crippen LogP contribution is -2.30. The number of aliphatic hydroxyl groups is 1. The molecule has 1 unspecified atom stereocenters. The molecule has 0 saturated carbocycles. The minimum absolute atomic E-state index is 0.0319. The number of carbonyl (C=O) groups excluding carboxylic acids is 2. The molecule has 1 amide bonds. The predicted molar refractivity (Wildman–Crippen MR) is 106 cm³/mol. The Morgan fingerprint density at radius 2 is 2.07 bits per heavy atom. The number of thiophene rings is 1. The monoisotopic (exact) mass is 403 g/mol. The number of aryl methyl sites for hydroxylation is 1. The second-order valence-electron chi connectivity index (χ2n) is 6.66. The molecule has 1 atom stereocenters. The van der Waals surface area contributed by atoms with E-state index in [9.17, 15) is 19.1 Å². The average molecular weight is 403 g/mol. The van der Waals surface area contributed by atoms with Crippen LogP contribution in [-0.4, -0.2) is 35.4 Å². The number of nitrogens with zero attached hydrogens (tertiary/aromatic N) is 1. The average Bonchev–Trinajstić information content (AvgIpc) is 3.21. The summed E-state index contributed by atoms with van der Waals surface area (Å²) in [4.78, 5) is 27.9. The second-order valence-corrected chi connectivity index (χ2v) is 7.61. The molecule has 0 bridgehead atoms. The maximum absolute atomic E-state index is 13.8. The molecule has 0 radical (unpaired) electrons. The van der Waals surface area contributed by atoms with Crippen molar-refractivity contribution in [2.45, 2.75) is 32.7 Å². The van der Waals surface area contributed by atoms with Crippen molar-refractivity contribution >= 4 is 28.8 Å². The summed E-state index contributed by atoms with van der Waals surface area (Å²) in [5.41, 5.74) is 0.946. The summed E-state index contributed by atoms with van der Waals surface area (Å²) in [5.74, 6) is -2.20. The van der Waals surface area contributed by atoms with Crippen molar-refractivity contribution in [1.29, 1.82) is 0 Å². The highest BCUT2D eigenvalue weighted by atomic mass is 32.1. The highest BCUT2D eigenvalue weighted by Gasteiger charge is 2.47. The van der Waals surface area contributed by atoms with Gasteiger partial charge in [-0.05, 0) is 48.6 Å². The molecule has 3 rings (SSSR count). The molecule has 5 nitrogen and oxygen atoms in total. The van der Waals surface area contributed by atoms with E-state index in [0.29, 0.717) is 6.54 Å². The molecular weight excluding hydrogens is 381 g/mol. The number of carbonyl (C=O) groups is 2. The summed E-state index contributed by atoms with van der Waals surface area (Å²) >= 11 is 1.42. The number of ketones is 1. The van der Waals surface area contributed by atoms with Gasteiger partial charge in [-0.15, -0.1) is 11.3 Å². The van der Waals surface area contributed by atoms with Gasteiger partial charge in [0.2, 0.25) is 0 Å². The Hall–Kier alpha value is -2.67. The molecule has 0 spiro atoms. The van der Waals surface area contributed by atoms with E-state index in [1.54, 1.807) is 0 Å². The molecule has 7 heteroatoms. The van der Waals surface area contributed by atoms with Crippen LogP contribution in [0.15, 0.2) is 35.2 Å². The summed E-state index contributed by atoms with van der Waals surface area (Å²) in [5, 5.41) is 12.9. The largest absolute Gasteiger partial charge is 0.507 e. The zero-order chi connectivity index (χ0) is 20.4. The predicted octanol–water partition coefficient (Wildman–Crippen LogP) is 4.43.